The van der Waals surface area contributed by atoms with Crippen molar-refractivity contribution >= 4 is 15.9 Å². The van der Waals surface area contributed by atoms with E-state index in [0.717, 1.165) is 25.4 Å². The maximum absolute atomic E-state index is 12.4. The smallest absolute Gasteiger partial charge is 0.240 e. The van der Waals surface area contributed by atoms with Gasteiger partial charge in [0.2, 0.25) is 15.9 Å². The molecule has 0 bridgehead atoms. The fourth-order valence-electron chi connectivity index (χ4n) is 3.96. The number of amides is 1. The number of nitrogens with one attached hydrogen (secondary N) is 1. The van der Waals surface area contributed by atoms with Crippen LogP contribution in [0.1, 0.15) is 38.5 Å². The zero-order valence-electron chi connectivity index (χ0n) is 14.0. The Morgan fingerprint density at radius 2 is 1.79 bits per heavy atom. The molecule has 1 amide bonds. The summed E-state index contributed by atoms with van der Waals surface area (Å²) in [5.74, 6) is 1.51. The third-order valence-electron chi connectivity index (χ3n) is 5.33. The normalized spacial score (nSPS) is 24.4. The fraction of sp³-hybridized carbons (Fsp3) is 0.611. The van der Waals surface area contributed by atoms with Crippen molar-refractivity contribution in [3.05, 3.63) is 30.3 Å². The van der Waals surface area contributed by atoms with Gasteiger partial charge < -0.3 is 4.90 Å². The number of likely N-dealkylation sites (tertiary alicyclic amines) is 1. The summed E-state index contributed by atoms with van der Waals surface area (Å²) in [6.45, 7) is 1.83. The fourth-order valence-corrected chi connectivity index (χ4v) is 5.01. The van der Waals surface area contributed by atoms with Gasteiger partial charge in [0.1, 0.15) is 0 Å². The van der Waals surface area contributed by atoms with Crippen LogP contribution in [0.25, 0.3) is 0 Å². The highest BCUT2D eigenvalue weighted by atomic mass is 32.2. The molecule has 0 aromatic heterocycles. The van der Waals surface area contributed by atoms with Crippen LogP contribution in [0.2, 0.25) is 0 Å². The first-order chi connectivity index (χ1) is 11.6. The average Bonchev–Trinajstić information content (AvgIpc) is 2.62. The van der Waals surface area contributed by atoms with Gasteiger partial charge in [-0.25, -0.2) is 13.1 Å². The summed E-state index contributed by atoms with van der Waals surface area (Å²) >= 11 is 0. The van der Waals surface area contributed by atoms with Crippen LogP contribution in [0.3, 0.4) is 0 Å². The van der Waals surface area contributed by atoms with Crippen molar-refractivity contribution in [2.24, 2.45) is 11.8 Å². The number of nitrogens with zero attached hydrogens (tertiary/aromatic N) is 1. The Labute approximate surface area is 144 Å². The van der Waals surface area contributed by atoms with Gasteiger partial charge in [0.05, 0.1) is 4.90 Å². The van der Waals surface area contributed by atoms with Gasteiger partial charge in [-0.05, 0) is 36.8 Å². The van der Waals surface area contributed by atoms with Crippen LogP contribution in [-0.4, -0.2) is 38.9 Å². The van der Waals surface area contributed by atoms with Crippen molar-refractivity contribution in [2.45, 2.75) is 43.4 Å². The van der Waals surface area contributed by atoms with Gasteiger partial charge in [0.25, 0.3) is 0 Å². The summed E-state index contributed by atoms with van der Waals surface area (Å²) < 4.78 is 26.8. The predicted octanol–water partition coefficient (Wildman–Crippen LogP) is 2.39. The highest BCUT2D eigenvalue weighted by Gasteiger charge is 2.32. The Kier molecular flexibility index (Phi) is 5.56. The van der Waals surface area contributed by atoms with E-state index in [1.54, 1.807) is 30.3 Å². The molecule has 132 valence electrons. The summed E-state index contributed by atoms with van der Waals surface area (Å²) in [7, 11) is -3.53. The van der Waals surface area contributed by atoms with E-state index in [0.29, 0.717) is 5.92 Å². The highest BCUT2D eigenvalue weighted by molar-refractivity contribution is 7.89. The van der Waals surface area contributed by atoms with Crippen LogP contribution in [0.5, 0.6) is 0 Å². The molecule has 3 rings (SSSR count). The molecular weight excluding hydrogens is 324 g/mol. The number of piperidine rings is 1. The molecule has 1 aromatic carbocycles. The molecule has 1 N–H and O–H groups in total. The molecule has 1 aliphatic heterocycles. The number of rotatable bonds is 5. The van der Waals surface area contributed by atoms with Crippen LogP contribution in [0.4, 0.5) is 0 Å². The number of carbonyl (C=O) groups excluding carboxylic acids is 1. The molecule has 1 aromatic rings. The summed E-state index contributed by atoms with van der Waals surface area (Å²) in [6.07, 6.45) is 6.48. The zero-order valence-corrected chi connectivity index (χ0v) is 14.8. The molecule has 0 spiro atoms. The Morgan fingerprint density at radius 1 is 1.08 bits per heavy atom. The van der Waals surface area contributed by atoms with E-state index in [2.05, 4.69) is 4.72 Å². The molecule has 2 aliphatic rings. The maximum atomic E-state index is 12.4. The molecule has 5 nitrogen and oxygen atoms in total. The van der Waals surface area contributed by atoms with Gasteiger partial charge in [0, 0.05) is 26.1 Å². The topological polar surface area (TPSA) is 66.5 Å². The molecular formula is C18H26N2O3S. The second kappa shape index (κ2) is 7.66. The monoisotopic (exact) mass is 350 g/mol. The molecule has 1 aliphatic carbocycles. The number of sulfonamides is 1. The van der Waals surface area contributed by atoms with E-state index in [4.69, 9.17) is 0 Å². The van der Waals surface area contributed by atoms with Crippen molar-refractivity contribution in [1.82, 2.24) is 9.62 Å². The zero-order chi connectivity index (χ0) is 17.0. The van der Waals surface area contributed by atoms with Crippen molar-refractivity contribution < 1.29 is 13.2 Å². The van der Waals surface area contributed by atoms with Gasteiger partial charge in [-0.3, -0.25) is 4.79 Å². The Morgan fingerprint density at radius 3 is 2.54 bits per heavy atom. The summed E-state index contributed by atoms with van der Waals surface area (Å²) in [4.78, 5) is 14.6. The first-order valence-corrected chi connectivity index (χ1v) is 10.4. The number of benzene rings is 1. The number of hydrogen-bond donors (Lipinski definition) is 1. The van der Waals surface area contributed by atoms with E-state index in [9.17, 15) is 13.2 Å². The second-order valence-corrected chi connectivity index (χ2v) is 8.66. The molecule has 2 unspecified atom stereocenters. The van der Waals surface area contributed by atoms with E-state index >= 15 is 0 Å². The Balaban J connectivity index is 1.47. The SMILES string of the molecule is O=C(CCNS(=O)(=O)c1ccccc1)N1CCC2CCCCC2C1. The molecule has 24 heavy (non-hydrogen) atoms. The highest BCUT2D eigenvalue weighted by Crippen LogP contribution is 2.36. The average molecular weight is 350 g/mol. The van der Waals surface area contributed by atoms with Gasteiger partial charge in [0.15, 0.2) is 0 Å². The minimum Gasteiger partial charge on any atom is -0.342 e. The maximum Gasteiger partial charge on any atom is 0.240 e. The number of carbonyl (C=O) groups is 1. The first kappa shape index (κ1) is 17.4. The van der Waals surface area contributed by atoms with Gasteiger partial charge in [-0.2, -0.15) is 0 Å². The van der Waals surface area contributed by atoms with Crippen molar-refractivity contribution in [2.75, 3.05) is 19.6 Å². The predicted molar refractivity (Wildman–Crippen MR) is 92.9 cm³/mol. The van der Waals surface area contributed by atoms with Gasteiger partial charge >= 0.3 is 0 Å². The van der Waals surface area contributed by atoms with Crippen molar-refractivity contribution in [3.63, 3.8) is 0 Å². The lowest BCUT2D eigenvalue weighted by molar-refractivity contribution is -0.134. The minimum absolute atomic E-state index is 0.0646. The molecule has 1 heterocycles. The van der Waals surface area contributed by atoms with Crippen LogP contribution < -0.4 is 4.72 Å². The second-order valence-electron chi connectivity index (χ2n) is 6.89. The van der Waals surface area contributed by atoms with E-state index in [-0.39, 0.29) is 23.8 Å². The molecule has 1 saturated heterocycles. The first-order valence-electron chi connectivity index (χ1n) is 8.89. The lowest BCUT2D eigenvalue weighted by atomic mass is 9.75. The molecule has 1 saturated carbocycles. The third kappa shape index (κ3) is 4.16. The van der Waals surface area contributed by atoms with E-state index in [1.165, 1.54) is 25.7 Å². The Bertz CT molecular complexity index is 660. The third-order valence-corrected chi connectivity index (χ3v) is 6.81. The van der Waals surface area contributed by atoms with Crippen LogP contribution in [0, 0.1) is 11.8 Å². The van der Waals surface area contributed by atoms with Gasteiger partial charge in [-0.15, -0.1) is 0 Å². The quantitative estimate of drug-likeness (QED) is 0.887. The molecule has 2 atom stereocenters. The van der Waals surface area contributed by atoms with Crippen LogP contribution in [0.15, 0.2) is 35.2 Å². The summed E-state index contributed by atoms with van der Waals surface area (Å²) in [6, 6.07) is 8.26. The Hall–Kier alpha value is -1.40. The molecule has 6 heteroatoms. The van der Waals surface area contributed by atoms with Crippen LogP contribution >= 0.6 is 0 Å². The standard InChI is InChI=1S/C18H26N2O3S/c21-18(20-13-11-15-6-4-5-7-16(15)14-20)10-12-19-24(22,23)17-8-2-1-3-9-17/h1-3,8-9,15-16,19H,4-7,10-14H2. The van der Waals surface area contributed by atoms with E-state index in [1.807, 2.05) is 4.90 Å². The summed E-state index contributed by atoms with van der Waals surface area (Å²) in [5.41, 5.74) is 0. The lowest BCUT2D eigenvalue weighted by Crippen LogP contribution is -2.45. The van der Waals surface area contributed by atoms with Crippen LogP contribution in [-0.2, 0) is 14.8 Å². The number of fused-ring (bicyclic) bond motifs is 1. The lowest BCUT2D eigenvalue weighted by Gasteiger charge is -2.41. The largest absolute Gasteiger partial charge is 0.342 e. The number of hydrogen-bond acceptors (Lipinski definition) is 3. The van der Waals surface area contributed by atoms with Crippen molar-refractivity contribution in [3.8, 4) is 0 Å². The molecule has 0 radical (unpaired) electrons. The van der Waals surface area contributed by atoms with E-state index < -0.39 is 10.0 Å². The van der Waals surface area contributed by atoms with Gasteiger partial charge in [-0.1, -0.05) is 37.5 Å². The molecule has 2 fully saturated rings. The minimum atomic E-state index is -3.53. The summed E-state index contributed by atoms with van der Waals surface area (Å²) in [5, 5.41) is 0. The van der Waals surface area contributed by atoms with Crippen molar-refractivity contribution in [1.29, 1.82) is 0 Å².